The smallest absolute Gasteiger partial charge is 0.138 e. The van der Waals surface area contributed by atoms with Crippen LogP contribution in [0.3, 0.4) is 0 Å². The molecular weight excluding hydrogens is 252 g/mol. The van der Waals surface area contributed by atoms with Gasteiger partial charge in [0.2, 0.25) is 0 Å². The van der Waals surface area contributed by atoms with E-state index in [2.05, 4.69) is 15.3 Å². The van der Waals surface area contributed by atoms with Crippen molar-refractivity contribution in [1.82, 2.24) is 14.5 Å². The van der Waals surface area contributed by atoms with Crippen LogP contribution in [0, 0.1) is 13.8 Å². The molecule has 1 N–H and O–H groups in total. The lowest BCUT2D eigenvalue weighted by molar-refractivity contribution is 0.515. The third kappa shape index (κ3) is 2.42. The Hall–Kier alpha value is -2.56. The Balaban J connectivity index is 1.71. The van der Waals surface area contributed by atoms with Gasteiger partial charge in [-0.2, -0.15) is 0 Å². The van der Waals surface area contributed by atoms with Crippen LogP contribution in [0.5, 0.6) is 0 Å². The number of aromatic nitrogens is 3. The number of nitrogens with zero attached hydrogens (tertiary/aromatic N) is 3. The first-order valence-electron chi connectivity index (χ1n) is 6.47. The minimum absolute atomic E-state index is 0.657. The summed E-state index contributed by atoms with van der Waals surface area (Å²) in [6.45, 7) is 4.64. The van der Waals surface area contributed by atoms with E-state index in [9.17, 15) is 0 Å². The molecule has 3 heterocycles. The molecule has 3 aromatic rings. The molecule has 0 saturated carbocycles. The van der Waals surface area contributed by atoms with E-state index in [1.54, 1.807) is 12.5 Å². The van der Waals surface area contributed by atoms with Crippen LogP contribution < -0.4 is 5.32 Å². The highest BCUT2D eigenvalue weighted by atomic mass is 16.3. The molecule has 102 valence electrons. The summed E-state index contributed by atoms with van der Waals surface area (Å²) in [4.78, 5) is 8.62. The van der Waals surface area contributed by atoms with Crippen molar-refractivity contribution in [2.24, 2.45) is 0 Å². The van der Waals surface area contributed by atoms with Crippen LogP contribution in [0.4, 0.5) is 5.69 Å². The fraction of sp³-hybridized carbons (Fsp3) is 0.200. The first-order valence-corrected chi connectivity index (χ1v) is 6.47. The molecule has 0 unspecified atom stereocenters. The summed E-state index contributed by atoms with van der Waals surface area (Å²) in [6, 6.07) is 5.92. The third-order valence-corrected chi connectivity index (χ3v) is 3.24. The first-order chi connectivity index (χ1) is 9.74. The van der Waals surface area contributed by atoms with Gasteiger partial charge in [-0.25, -0.2) is 9.97 Å². The van der Waals surface area contributed by atoms with E-state index in [1.165, 1.54) is 0 Å². The van der Waals surface area contributed by atoms with Crippen LogP contribution in [0.25, 0.3) is 5.82 Å². The second-order valence-corrected chi connectivity index (χ2v) is 4.63. The van der Waals surface area contributed by atoms with Crippen LogP contribution in [0.2, 0.25) is 0 Å². The molecule has 0 aromatic carbocycles. The van der Waals surface area contributed by atoms with Gasteiger partial charge in [-0.15, -0.1) is 0 Å². The van der Waals surface area contributed by atoms with E-state index in [4.69, 9.17) is 4.42 Å². The Morgan fingerprint density at radius 1 is 1.20 bits per heavy atom. The SMILES string of the molecule is Cc1ccoc1CNc1ccc(-n2ccnc2C)nc1. The number of pyridine rings is 1. The van der Waals surface area contributed by atoms with Crippen molar-refractivity contribution in [3.63, 3.8) is 0 Å². The molecule has 0 saturated heterocycles. The van der Waals surface area contributed by atoms with E-state index in [0.29, 0.717) is 6.54 Å². The van der Waals surface area contributed by atoms with Crippen LogP contribution in [0.15, 0.2) is 47.5 Å². The molecule has 0 bridgehead atoms. The zero-order chi connectivity index (χ0) is 13.9. The fourth-order valence-electron chi connectivity index (χ4n) is 2.02. The lowest BCUT2D eigenvalue weighted by Crippen LogP contribution is -2.02. The van der Waals surface area contributed by atoms with Gasteiger partial charge in [-0.1, -0.05) is 0 Å². The quantitative estimate of drug-likeness (QED) is 0.790. The number of rotatable bonds is 4. The molecule has 0 spiro atoms. The summed E-state index contributed by atoms with van der Waals surface area (Å²) >= 11 is 0. The van der Waals surface area contributed by atoms with Gasteiger partial charge in [-0.05, 0) is 37.6 Å². The summed E-state index contributed by atoms with van der Waals surface area (Å²) in [5, 5.41) is 3.29. The van der Waals surface area contributed by atoms with E-state index in [1.807, 2.05) is 49.0 Å². The predicted octanol–water partition coefficient (Wildman–Crippen LogP) is 3.09. The number of furan rings is 1. The molecule has 3 rings (SSSR count). The largest absolute Gasteiger partial charge is 0.467 e. The summed E-state index contributed by atoms with van der Waals surface area (Å²) in [5.41, 5.74) is 2.11. The Labute approximate surface area is 117 Å². The highest BCUT2D eigenvalue weighted by Gasteiger charge is 2.03. The molecule has 0 aliphatic carbocycles. The molecule has 5 nitrogen and oxygen atoms in total. The van der Waals surface area contributed by atoms with E-state index in [-0.39, 0.29) is 0 Å². The molecule has 0 aliphatic rings. The number of imidazole rings is 1. The first kappa shape index (κ1) is 12.5. The minimum atomic E-state index is 0.657. The number of hydrogen-bond donors (Lipinski definition) is 1. The van der Waals surface area contributed by atoms with Crippen molar-refractivity contribution in [3.8, 4) is 5.82 Å². The number of anilines is 1. The third-order valence-electron chi connectivity index (χ3n) is 3.24. The van der Waals surface area contributed by atoms with Gasteiger partial charge in [0.25, 0.3) is 0 Å². The maximum absolute atomic E-state index is 5.39. The second kappa shape index (κ2) is 5.21. The Bertz CT molecular complexity index is 697. The molecular formula is C15H16N4O. The zero-order valence-electron chi connectivity index (χ0n) is 11.5. The lowest BCUT2D eigenvalue weighted by Gasteiger charge is -2.07. The molecule has 0 atom stereocenters. The van der Waals surface area contributed by atoms with Gasteiger partial charge in [0, 0.05) is 12.4 Å². The average molecular weight is 268 g/mol. The molecule has 5 heteroatoms. The van der Waals surface area contributed by atoms with Crippen LogP contribution in [0.1, 0.15) is 17.1 Å². The van der Waals surface area contributed by atoms with Crippen LogP contribution >= 0.6 is 0 Å². The highest BCUT2D eigenvalue weighted by Crippen LogP contribution is 2.14. The minimum Gasteiger partial charge on any atom is -0.467 e. The average Bonchev–Trinajstić information content (AvgIpc) is 3.06. The van der Waals surface area contributed by atoms with Crippen LogP contribution in [-0.4, -0.2) is 14.5 Å². The topological polar surface area (TPSA) is 55.9 Å². The van der Waals surface area contributed by atoms with Gasteiger partial charge in [0.1, 0.15) is 17.4 Å². The van der Waals surface area contributed by atoms with Crippen LogP contribution in [-0.2, 0) is 6.54 Å². The van der Waals surface area contributed by atoms with E-state index in [0.717, 1.165) is 28.7 Å². The van der Waals surface area contributed by atoms with Gasteiger partial charge < -0.3 is 9.73 Å². The zero-order valence-corrected chi connectivity index (χ0v) is 11.5. The van der Waals surface area contributed by atoms with Crippen molar-refractivity contribution < 1.29 is 4.42 Å². The Kier molecular flexibility index (Phi) is 3.25. The molecule has 0 radical (unpaired) electrons. The van der Waals surface area contributed by atoms with Crippen molar-refractivity contribution in [2.45, 2.75) is 20.4 Å². The number of hydrogen-bond acceptors (Lipinski definition) is 4. The molecule has 0 fully saturated rings. The normalized spacial score (nSPS) is 10.7. The number of aryl methyl sites for hydroxylation is 2. The second-order valence-electron chi connectivity index (χ2n) is 4.63. The maximum Gasteiger partial charge on any atom is 0.138 e. The van der Waals surface area contributed by atoms with Crippen molar-refractivity contribution >= 4 is 5.69 Å². The van der Waals surface area contributed by atoms with Gasteiger partial charge in [-0.3, -0.25) is 4.57 Å². The van der Waals surface area contributed by atoms with Crippen molar-refractivity contribution in [3.05, 3.63) is 60.2 Å². The van der Waals surface area contributed by atoms with Gasteiger partial charge in [0.05, 0.1) is 24.7 Å². The summed E-state index contributed by atoms with van der Waals surface area (Å²) in [7, 11) is 0. The lowest BCUT2D eigenvalue weighted by atomic mass is 10.3. The number of nitrogens with one attached hydrogen (secondary N) is 1. The monoisotopic (exact) mass is 268 g/mol. The van der Waals surface area contributed by atoms with Gasteiger partial charge >= 0.3 is 0 Å². The Morgan fingerprint density at radius 2 is 2.10 bits per heavy atom. The molecule has 20 heavy (non-hydrogen) atoms. The molecule has 3 aromatic heterocycles. The van der Waals surface area contributed by atoms with E-state index < -0.39 is 0 Å². The predicted molar refractivity (Wildman–Crippen MR) is 76.9 cm³/mol. The fourth-order valence-corrected chi connectivity index (χ4v) is 2.02. The molecule has 0 aliphatic heterocycles. The van der Waals surface area contributed by atoms with Gasteiger partial charge in [0.15, 0.2) is 0 Å². The van der Waals surface area contributed by atoms with E-state index >= 15 is 0 Å². The summed E-state index contributed by atoms with van der Waals surface area (Å²) in [6.07, 6.45) is 7.18. The van der Waals surface area contributed by atoms with Crippen molar-refractivity contribution in [1.29, 1.82) is 0 Å². The maximum atomic E-state index is 5.39. The highest BCUT2D eigenvalue weighted by molar-refractivity contribution is 5.44. The summed E-state index contributed by atoms with van der Waals surface area (Å²) < 4.78 is 7.33. The summed E-state index contributed by atoms with van der Waals surface area (Å²) in [5.74, 6) is 2.73. The Morgan fingerprint density at radius 3 is 2.70 bits per heavy atom. The van der Waals surface area contributed by atoms with Crippen molar-refractivity contribution in [2.75, 3.05) is 5.32 Å². The molecule has 0 amide bonds. The standard InChI is InChI=1S/C15H16N4O/c1-11-5-8-20-14(11)10-17-13-3-4-15(18-9-13)19-7-6-16-12(19)2/h3-9,17H,10H2,1-2H3.